The van der Waals surface area contributed by atoms with E-state index in [1.165, 1.54) is 0 Å². The van der Waals surface area contributed by atoms with Gasteiger partial charge in [-0.25, -0.2) is 4.79 Å². The van der Waals surface area contributed by atoms with Crippen LogP contribution in [0.3, 0.4) is 0 Å². The molecule has 0 bridgehead atoms. The highest BCUT2D eigenvalue weighted by atomic mass is 127. The van der Waals surface area contributed by atoms with Crippen LogP contribution in [-0.2, 0) is 0 Å². The van der Waals surface area contributed by atoms with Gasteiger partial charge >= 0.3 is 5.97 Å². The van der Waals surface area contributed by atoms with Gasteiger partial charge in [-0.15, -0.1) is 0 Å². The van der Waals surface area contributed by atoms with Gasteiger partial charge in [0.15, 0.2) is 0 Å². The van der Waals surface area contributed by atoms with Crippen LogP contribution in [-0.4, -0.2) is 19.0 Å². The number of methoxy groups -OCH3 is 1. The molecule has 0 saturated heterocycles. The fourth-order valence-corrected chi connectivity index (χ4v) is 2.91. The van der Waals surface area contributed by atoms with Crippen LogP contribution in [0.25, 0.3) is 0 Å². The average molecular weight is 473 g/mol. The second kappa shape index (κ2) is 8.68. The van der Waals surface area contributed by atoms with Gasteiger partial charge < -0.3 is 14.8 Å². The van der Waals surface area contributed by atoms with E-state index in [9.17, 15) is 9.59 Å². The summed E-state index contributed by atoms with van der Waals surface area (Å²) in [5.41, 5.74) is 1.55. The van der Waals surface area contributed by atoms with Gasteiger partial charge in [0.1, 0.15) is 11.5 Å². The highest BCUT2D eigenvalue weighted by molar-refractivity contribution is 14.1. The second-order valence-electron chi connectivity index (χ2n) is 5.58. The van der Waals surface area contributed by atoms with Crippen LogP contribution in [0.15, 0.2) is 72.8 Å². The summed E-state index contributed by atoms with van der Waals surface area (Å²) in [6.07, 6.45) is 0. The van der Waals surface area contributed by atoms with Gasteiger partial charge in [0, 0.05) is 17.3 Å². The molecule has 0 aliphatic carbocycles. The van der Waals surface area contributed by atoms with Crippen molar-refractivity contribution in [3.05, 3.63) is 87.5 Å². The van der Waals surface area contributed by atoms with E-state index in [4.69, 9.17) is 9.47 Å². The molecule has 0 unspecified atom stereocenters. The highest BCUT2D eigenvalue weighted by Gasteiger charge is 2.11. The number of amides is 1. The number of carbonyl (C=O) groups is 2. The molecule has 0 aromatic heterocycles. The molecule has 3 aromatic rings. The Morgan fingerprint density at radius 2 is 1.59 bits per heavy atom. The van der Waals surface area contributed by atoms with Crippen molar-refractivity contribution in [3.63, 3.8) is 0 Å². The van der Waals surface area contributed by atoms with E-state index in [2.05, 4.69) is 27.9 Å². The van der Waals surface area contributed by atoms with Crippen LogP contribution in [0.2, 0.25) is 0 Å². The summed E-state index contributed by atoms with van der Waals surface area (Å²) >= 11 is 2.16. The molecule has 0 heterocycles. The first-order chi connectivity index (χ1) is 13.1. The minimum atomic E-state index is -0.446. The van der Waals surface area contributed by atoms with E-state index in [0.29, 0.717) is 28.3 Å². The largest absolute Gasteiger partial charge is 0.496 e. The topological polar surface area (TPSA) is 64.6 Å². The number of halogens is 1. The minimum Gasteiger partial charge on any atom is -0.496 e. The Labute approximate surface area is 170 Å². The molecule has 0 fully saturated rings. The van der Waals surface area contributed by atoms with Crippen LogP contribution in [0.5, 0.6) is 11.5 Å². The zero-order valence-corrected chi connectivity index (χ0v) is 16.6. The van der Waals surface area contributed by atoms with E-state index in [1.54, 1.807) is 67.8 Å². The van der Waals surface area contributed by atoms with Crippen molar-refractivity contribution in [3.8, 4) is 11.5 Å². The Balaban J connectivity index is 1.66. The van der Waals surface area contributed by atoms with Crippen molar-refractivity contribution in [1.82, 2.24) is 0 Å². The van der Waals surface area contributed by atoms with E-state index in [1.807, 2.05) is 12.1 Å². The fourth-order valence-electron chi connectivity index (χ4n) is 2.36. The smallest absolute Gasteiger partial charge is 0.343 e. The number of esters is 1. The SMILES string of the molecule is COc1cc(NC(=O)c2ccc(OC(=O)c3ccccc3)cc2)ccc1I. The lowest BCUT2D eigenvalue weighted by molar-refractivity contribution is 0.0734. The van der Waals surface area contributed by atoms with Crippen LogP contribution < -0.4 is 14.8 Å². The average Bonchev–Trinajstić information content (AvgIpc) is 2.70. The quantitative estimate of drug-likeness (QED) is 0.330. The molecule has 0 spiro atoms. The van der Waals surface area contributed by atoms with Gasteiger partial charge in [-0.3, -0.25) is 4.79 Å². The van der Waals surface area contributed by atoms with Gasteiger partial charge in [0.05, 0.1) is 16.2 Å². The van der Waals surface area contributed by atoms with Gasteiger partial charge in [0.2, 0.25) is 0 Å². The Morgan fingerprint density at radius 3 is 2.26 bits per heavy atom. The molecule has 0 atom stereocenters. The number of carbonyl (C=O) groups excluding carboxylic acids is 2. The van der Waals surface area contributed by atoms with E-state index < -0.39 is 5.97 Å². The highest BCUT2D eigenvalue weighted by Crippen LogP contribution is 2.25. The van der Waals surface area contributed by atoms with E-state index >= 15 is 0 Å². The maximum atomic E-state index is 12.4. The first-order valence-corrected chi connectivity index (χ1v) is 9.17. The van der Waals surface area contributed by atoms with Crippen LogP contribution in [0, 0.1) is 3.57 Å². The van der Waals surface area contributed by atoms with Crippen molar-refractivity contribution in [1.29, 1.82) is 0 Å². The Hall–Kier alpha value is -2.87. The van der Waals surface area contributed by atoms with Gasteiger partial charge in [-0.1, -0.05) is 18.2 Å². The lowest BCUT2D eigenvalue weighted by Gasteiger charge is -2.09. The molecule has 1 N–H and O–H groups in total. The first kappa shape index (κ1) is 18.9. The first-order valence-electron chi connectivity index (χ1n) is 8.09. The van der Waals surface area contributed by atoms with Gasteiger partial charge in [-0.2, -0.15) is 0 Å². The maximum absolute atomic E-state index is 12.4. The summed E-state index contributed by atoms with van der Waals surface area (Å²) in [4.78, 5) is 24.4. The third-order valence-electron chi connectivity index (χ3n) is 3.75. The molecule has 136 valence electrons. The van der Waals surface area contributed by atoms with Crippen molar-refractivity contribution in [2.24, 2.45) is 0 Å². The molecule has 1 amide bonds. The van der Waals surface area contributed by atoms with E-state index in [-0.39, 0.29) is 5.91 Å². The Bertz CT molecular complexity index is 956. The van der Waals surface area contributed by atoms with Crippen molar-refractivity contribution in [2.45, 2.75) is 0 Å². The number of hydrogen-bond donors (Lipinski definition) is 1. The lowest BCUT2D eigenvalue weighted by Crippen LogP contribution is -2.12. The Kier molecular flexibility index (Phi) is 6.08. The zero-order valence-electron chi connectivity index (χ0n) is 14.4. The molecule has 27 heavy (non-hydrogen) atoms. The molecule has 6 heteroatoms. The Morgan fingerprint density at radius 1 is 0.889 bits per heavy atom. The summed E-state index contributed by atoms with van der Waals surface area (Å²) in [6, 6.07) is 20.5. The van der Waals surface area contributed by atoms with Gasteiger partial charge in [-0.05, 0) is 71.1 Å². The molecule has 5 nitrogen and oxygen atoms in total. The molecular weight excluding hydrogens is 457 g/mol. The van der Waals surface area contributed by atoms with Crippen molar-refractivity contribution in [2.75, 3.05) is 12.4 Å². The fraction of sp³-hybridized carbons (Fsp3) is 0.0476. The third-order valence-corrected chi connectivity index (χ3v) is 4.64. The molecule has 3 rings (SSSR count). The summed E-state index contributed by atoms with van der Waals surface area (Å²) in [5, 5.41) is 2.82. The molecule has 3 aromatic carbocycles. The maximum Gasteiger partial charge on any atom is 0.343 e. The number of hydrogen-bond acceptors (Lipinski definition) is 4. The van der Waals surface area contributed by atoms with Crippen LogP contribution in [0.4, 0.5) is 5.69 Å². The summed E-state index contributed by atoms with van der Waals surface area (Å²) in [5.74, 6) is 0.353. The second-order valence-corrected chi connectivity index (χ2v) is 6.75. The molecular formula is C21H16INO4. The van der Waals surface area contributed by atoms with Crippen LogP contribution >= 0.6 is 22.6 Å². The summed E-state index contributed by atoms with van der Waals surface area (Å²) < 4.78 is 11.5. The molecule has 0 aliphatic rings. The third kappa shape index (κ3) is 4.85. The normalized spacial score (nSPS) is 10.1. The standard InChI is InChI=1S/C21H16INO4/c1-26-19-13-16(9-12-18(19)22)23-20(24)14-7-10-17(11-8-14)27-21(25)15-5-3-2-4-6-15/h2-13H,1H3,(H,23,24). The minimum absolute atomic E-state index is 0.265. The molecule has 0 saturated carbocycles. The summed E-state index contributed by atoms with van der Waals surface area (Å²) in [6.45, 7) is 0. The van der Waals surface area contributed by atoms with E-state index in [0.717, 1.165) is 3.57 Å². The van der Waals surface area contributed by atoms with Crippen molar-refractivity contribution < 1.29 is 19.1 Å². The number of benzene rings is 3. The van der Waals surface area contributed by atoms with Gasteiger partial charge in [0.25, 0.3) is 5.91 Å². The van der Waals surface area contributed by atoms with Crippen LogP contribution in [0.1, 0.15) is 20.7 Å². The van der Waals surface area contributed by atoms with Crippen molar-refractivity contribution >= 4 is 40.2 Å². The molecule has 0 radical (unpaired) electrons. The predicted molar refractivity (Wildman–Crippen MR) is 112 cm³/mol. The predicted octanol–water partition coefficient (Wildman–Crippen LogP) is 4.77. The zero-order chi connectivity index (χ0) is 19.2. The number of ether oxygens (including phenoxy) is 2. The lowest BCUT2D eigenvalue weighted by atomic mass is 10.2. The molecule has 0 aliphatic heterocycles. The monoisotopic (exact) mass is 473 g/mol. The number of anilines is 1. The number of rotatable bonds is 5. The summed E-state index contributed by atoms with van der Waals surface area (Å²) in [7, 11) is 1.58. The number of nitrogens with one attached hydrogen (secondary N) is 1.